The first-order chi connectivity index (χ1) is 5.08. The van der Waals surface area contributed by atoms with Crippen LogP contribution in [0.5, 0.6) is 0 Å². The zero-order chi connectivity index (χ0) is 8.32. The number of rotatable bonds is 3. The van der Waals surface area contributed by atoms with Crippen LogP contribution in [-0.4, -0.2) is 25.2 Å². The summed E-state index contributed by atoms with van der Waals surface area (Å²) in [5.74, 6) is 0.935. The topological polar surface area (TPSA) is 24.1 Å². The quantitative estimate of drug-likeness (QED) is 0.636. The number of hydrogen-bond donors (Lipinski definition) is 2. The molecule has 1 saturated heterocycles. The van der Waals surface area contributed by atoms with Crippen LogP contribution in [0.25, 0.3) is 0 Å². The molecule has 0 aliphatic carbocycles. The minimum Gasteiger partial charge on any atom is -0.316 e. The molecule has 0 unspecified atom stereocenters. The Morgan fingerprint density at radius 2 is 2.00 bits per heavy atom. The fourth-order valence-corrected chi connectivity index (χ4v) is 1.20. The SMILES string of the molecule is CC(C)(C)NCCC1CNC1. The van der Waals surface area contributed by atoms with Gasteiger partial charge in [-0.05, 0) is 52.7 Å². The molecular formula is C9H20N2. The van der Waals surface area contributed by atoms with Gasteiger partial charge in [0.05, 0.1) is 0 Å². The molecule has 11 heavy (non-hydrogen) atoms. The maximum atomic E-state index is 3.49. The molecule has 0 amide bonds. The lowest BCUT2D eigenvalue weighted by atomic mass is 9.99. The van der Waals surface area contributed by atoms with Gasteiger partial charge < -0.3 is 10.6 Å². The van der Waals surface area contributed by atoms with Crippen LogP contribution in [0.2, 0.25) is 0 Å². The van der Waals surface area contributed by atoms with Gasteiger partial charge in [-0.1, -0.05) is 0 Å². The first-order valence-electron chi connectivity index (χ1n) is 4.54. The van der Waals surface area contributed by atoms with Crippen LogP contribution in [0.1, 0.15) is 27.2 Å². The Hall–Kier alpha value is -0.0800. The lowest BCUT2D eigenvalue weighted by molar-refractivity contribution is 0.305. The van der Waals surface area contributed by atoms with Crippen molar-refractivity contribution in [1.82, 2.24) is 10.6 Å². The lowest BCUT2D eigenvalue weighted by Crippen LogP contribution is -2.45. The molecule has 1 aliphatic heterocycles. The maximum Gasteiger partial charge on any atom is 0.00965 e. The van der Waals surface area contributed by atoms with Gasteiger partial charge in [-0.15, -0.1) is 0 Å². The third kappa shape index (κ3) is 3.73. The van der Waals surface area contributed by atoms with E-state index in [0.29, 0.717) is 0 Å². The molecule has 0 radical (unpaired) electrons. The van der Waals surface area contributed by atoms with E-state index in [0.717, 1.165) is 12.5 Å². The fraction of sp³-hybridized carbons (Fsp3) is 1.00. The summed E-state index contributed by atoms with van der Waals surface area (Å²) in [5, 5.41) is 6.77. The van der Waals surface area contributed by atoms with Crippen molar-refractivity contribution in [2.45, 2.75) is 32.7 Å². The Morgan fingerprint density at radius 1 is 1.36 bits per heavy atom. The Bertz CT molecular complexity index is 111. The summed E-state index contributed by atoms with van der Waals surface area (Å²) < 4.78 is 0. The molecule has 0 aromatic rings. The zero-order valence-corrected chi connectivity index (χ0v) is 7.91. The fourth-order valence-electron chi connectivity index (χ4n) is 1.20. The summed E-state index contributed by atoms with van der Waals surface area (Å²) in [7, 11) is 0. The predicted molar refractivity (Wildman–Crippen MR) is 48.7 cm³/mol. The van der Waals surface area contributed by atoms with Crippen LogP contribution in [0, 0.1) is 5.92 Å². The molecule has 2 N–H and O–H groups in total. The third-order valence-corrected chi connectivity index (χ3v) is 2.07. The molecule has 0 aromatic heterocycles. The predicted octanol–water partition coefficient (Wildman–Crippen LogP) is 0.984. The average molecular weight is 156 g/mol. The van der Waals surface area contributed by atoms with E-state index in [4.69, 9.17) is 0 Å². The smallest absolute Gasteiger partial charge is 0.00965 e. The van der Waals surface area contributed by atoms with Gasteiger partial charge in [0, 0.05) is 5.54 Å². The van der Waals surface area contributed by atoms with E-state index in [9.17, 15) is 0 Å². The van der Waals surface area contributed by atoms with Crippen molar-refractivity contribution in [3.8, 4) is 0 Å². The van der Waals surface area contributed by atoms with Crippen molar-refractivity contribution >= 4 is 0 Å². The molecule has 0 spiro atoms. The van der Waals surface area contributed by atoms with Crippen LogP contribution in [-0.2, 0) is 0 Å². The number of nitrogens with one attached hydrogen (secondary N) is 2. The van der Waals surface area contributed by atoms with Gasteiger partial charge in [-0.25, -0.2) is 0 Å². The van der Waals surface area contributed by atoms with Crippen LogP contribution >= 0.6 is 0 Å². The number of hydrogen-bond acceptors (Lipinski definition) is 2. The molecule has 2 nitrogen and oxygen atoms in total. The molecule has 1 fully saturated rings. The Morgan fingerprint density at radius 3 is 2.36 bits per heavy atom. The van der Waals surface area contributed by atoms with Crippen molar-refractivity contribution in [1.29, 1.82) is 0 Å². The summed E-state index contributed by atoms with van der Waals surface area (Å²) in [6, 6.07) is 0. The van der Waals surface area contributed by atoms with Gasteiger partial charge in [-0.2, -0.15) is 0 Å². The molecule has 0 saturated carbocycles. The maximum absolute atomic E-state index is 3.49. The van der Waals surface area contributed by atoms with E-state index < -0.39 is 0 Å². The monoisotopic (exact) mass is 156 g/mol. The Kier molecular flexibility index (Phi) is 2.90. The Balaban J connectivity index is 1.95. The minimum absolute atomic E-state index is 0.289. The van der Waals surface area contributed by atoms with E-state index >= 15 is 0 Å². The minimum atomic E-state index is 0.289. The Labute approximate surface area is 69.8 Å². The van der Waals surface area contributed by atoms with E-state index in [1.54, 1.807) is 0 Å². The molecule has 0 atom stereocenters. The second kappa shape index (κ2) is 3.55. The second-order valence-corrected chi connectivity index (χ2v) is 4.49. The van der Waals surface area contributed by atoms with Crippen molar-refractivity contribution in [3.05, 3.63) is 0 Å². The summed E-state index contributed by atoms with van der Waals surface area (Å²) in [6.07, 6.45) is 1.32. The van der Waals surface area contributed by atoms with Gasteiger partial charge in [0.1, 0.15) is 0 Å². The molecule has 0 aromatic carbocycles. The highest BCUT2D eigenvalue weighted by atomic mass is 15.0. The lowest BCUT2D eigenvalue weighted by Gasteiger charge is -2.29. The molecular weight excluding hydrogens is 136 g/mol. The van der Waals surface area contributed by atoms with E-state index in [2.05, 4.69) is 31.4 Å². The van der Waals surface area contributed by atoms with Crippen LogP contribution in [0.15, 0.2) is 0 Å². The first-order valence-corrected chi connectivity index (χ1v) is 4.54. The largest absolute Gasteiger partial charge is 0.316 e. The molecule has 1 aliphatic rings. The highest BCUT2D eigenvalue weighted by Crippen LogP contribution is 2.08. The molecule has 1 rings (SSSR count). The van der Waals surface area contributed by atoms with Gasteiger partial charge in [0.2, 0.25) is 0 Å². The van der Waals surface area contributed by atoms with Gasteiger partial charge in [0.25, 0.3) is 0 Å². The van der Waals surface area contributed by atoms with Crippen LogP contribution in [0.3, 0.4) is 0 Å². The summed E-state index contributed by atoms with van der Waals surface area (Å²) in [4.78, 5) is 0. The first kappa shape index (κ1) is 9.01. The van der Waals surface area contributed by atoms with E-state index in [-0.39, 0.29) is 5.54 Å². The van der Waals surface area contributed by atoms with Crippen molar-refractivity contribution in [3.63, 3.8) is 0 Å². The second-order valence-electron chi connectivity index (χ2n) is 4.49. The molecule has 66 valence electrons. The van der Waals surface area contributed by atoms with E-state index in [1.165, 1.54) is 19.5 Å². The average Bonchev–Trinajstić information content (AvgIpc) is 1.73. The van der Waals surface area contributed by atoms with Crippen molar-refractivity contribution in [2.75, 3.05) is 19.6 Å². The zero-order valence-electron chi connectivity index (χ0n) is 7.91. The van der Waals surface area contributed by atoms with Gasteiger partial charge in [0.15, 0.2) is 0 Å². The van der Waals surface area contributed by atoms with Crippen molar-refractivity contribution < 1.29 is 0 Å². The van der Waals surface area contributed by atoms with Gasteiger partial charge >= 0.3 is 0 Å². The van der Waals surface area contributed by atoms with Crippen LogP contribution < -0.4 is 10.6 Å². The summed E-state index contributed by atoms with van der Waals surface area (Å²) in [6.45, 7) is 10.3. The molecule has 2 heteroatoms. The summed E-state index contributed by atoms with van der Waals surface area (Å²) >= 11 is 0. The highest BCUT2D eigenvalue weighted by molar-refractivity contribution is 4.77. The standard InChI is InChI=1S/C9H20N2/c1-9(2,3)11-5-4-8-6-10-7-8/h8,10-11H,4-7H2,1-3H3. The normalized spacial score (nSPS) is 19.9. The van der Waals surface area contributed by atoms with E-state index in [1.807, 2.05) is 0 Å². The molecule has 0 bridgehead atoms. The van der Waals surface area contributed by atoms with Crippen molar-refractivity contribution in [2.24, 2.45) is 5.92 Å². The summed E-state index contributed by atoms with van der Waals surface area (Å²) in [5.41, 5.74) is 0.289. The highest BCUT2D eigenvalue weighted by Gasteiger charge is 2.16. The third-order valence-electron chi connectivity index (χ3n) is 2.07. The molecule has 1 heterocycles. The van der Waals surface area contributed by atoms with Crippen LogP contribution in [0.4, 0.5) is 0 Å². The van der Waals surface area contributed by atoms with Gasteiger partial charge in [-0.3, -0.25) is 0 Å².